The van der Waals surface area contributed by atoms with Gasteiger partial charge in [0.15, 0.2) is 0 Å². The van der Waals surface area contributed by atoms with Gasteiger partial charge in [-0.3, -0.25) is 48.3 Å². The summed E-state index contributed by atoms with van der Waals surface area (Å²) in [6.45, 7) is 3.51. The highest BCUT2D eigenvalue weighted by Crippen LogP contribution is 2.68. The van der Waals surface area contributed by atoms with E-state index in [0.29, 0.717) is 36.5 Å². The number of hydrogen-bond acceptors (Lipinski definition) is 11. The minimum absolute atomic E-state index is 0.0152. The van der Waals surface area contributed by atoms with Gasteiger partial charge < -0.3 is 41.1 Å². The highest BCUT2D eigenvalue weighted by Gasteiger charge is 2.63. The quantitative estimate of drug-likeness (QED) is 0.0691. The fourth-order valence-corrected chi connectivity index (χ4v) is 12.1. The molecule has 0 heterocycles. The summed E-state index contributed by atoms with van der Waals surface area (Å²) in [7, 11) is 0. The van der Waals surface area contributed by atoms with Gasteiger partial charge in [0.25, 0.3) is 0 Å². The molecule has 4 fully saturated rings. The van der Waals surface area contributed by atoms with Crippen molar-refractivity contribution in [2.24, 2.45) is 46.3 Å². The van der Waals surface area contributed by atoms with Crippen LogP contribution in [0.15, 0.2) is 0 Å². The molecule has 0 aromatic heterocycles. The molecule has 8 N–H and O–H groups in total. The zero-order valence-electron chi connectivity index (χ0n) is 34.7. The number of hydrogen-bond donors (Lipinski definition) is 8. The predicted octanol–water partition coefficient (Wildman–Crippen LogP) is 2.08. The van der Waals surface area contributed by atoms with Gasteiger partial charge in [-0.25, -0.2) is 0 Å². The average molecular weight is 839 g/mol. The lowest BCUT2D eigenvalue weighted by molar-refractivity contribution is -0.170. The first-order valence-electron chi connectivity index (χ1n) is 21.1. The van der Waals surface area contributed by atoms with E-state index in [0.717, 1.165) is 54.7 Å². The normalized spacial score (nSPS) is 31.1. The standard InChI is InChI=1S/C41H66N4O14/c1-24(4-11-34(48)49)28-7-8-29-27-6-5-25-18-26(12-13-40(25,2)30(27)19-32(46)41(28,29)3)42-33(47)10-9-31(39(58)59)45(16-14-43(20-35(50)51)21-36(52)53)17-15-44(22-37(54)55)23-38(56)57/h24-32,46H,4-23H2,1-3H3,(H,42,47)(H,48,49)(H,50,51)(H,52,53)(H,54,55)(H,56,57)(H,58,59)/t24-,25-,26+,27+,28-,29+,30+,31?,32+,40+,41-/m1/s1. The monoisotopic (exact) mass is 838 g/mol. The van der Waals surface area contributed by atoms with E-state index < -0.39 is 74.1 Å². The summed E-state index contributed by atoms with van der Waals surface area (Å²) in [4.78, 5) is 86.6. The zero-order chi connectivity index (χ0) is 43.8. The van der Waals surface area contributed by atoms with Crippen LogP contribution in [-0.4, -0.2) is 163 Å². The van der Waals surface area contributed by atoms with Gasteiger partial charge in [0.1, 0.15) is 6.04 Å². The van der Waals surface area contributed by atoms with Crippen LogP contribution in [0, 0.1) is 46.3 Å². The van der Waals surface area contributed by atoms with E-state index in [1.54, 1.807) is 0 Å². The fraction of sp³-hybridized carbons (Fsp3) is 0.829. The third-order valence-corrected chi connectivity index (χ3v) is 14.9. The number of aliphatic hydroxyl groups is 1. The van der Waals surface area contributed by atoms with Gasteiger partial charge in [-0.1, -0.05) is 20.8 Å². The summed E-state index contributed by atoms with van der Waals surface area (Å²) in [5.41, 5.74) is -0.262. The Morgan fingerprint density at radius 2 is 1.22 bits per heavy atom. The molecule has 0 saturated heterocycles. The number of fused-ring (bicyclic) bond motifs is 5. The first-order chi connectivity index (χ1) is 27.6. The number of carbonyl (C=O) groups is 7. The number of carboxylic acids is 6. The Hall–Kier alpha value is -3.87. The molecule has 4 saturated carbocycles. The van der Waals surface area contributed by atoms with E-state index in [4.69, 9.17) is 0 Å². The smallest absolute Gasteiger partial charge is 0.320 e. The summed E-state index contributed by atoms with van der Waals surface area (Å²) in [6.07, 6.45) is 7.09. The minimum Gasteiger partial charge on any atom is -0.481 e. The second-order valence-corrected chi connectivity index (χ2v) is 18.3. The number of nitrogens with one attached hydrogen (secondary N) is 1. The Labute approximate surface area is 345 Å². The Balaban J connectivity index is 1.39. The molecule has 0 spiro atoms. The molecule has 0 aromatic carbocycles. The third-order valence-electron chi connectivity index (χ3n) is 14.9. The summed E-state index contributed by atoms with van der Waals surface area (Å²) in [6, 6.07) is -1.43. The molecule has 0 aliphatic heterocycles. The first-order valence-corrected chi connectivity index (χ1v) is 21.1. The van der Waals surface area contributed by atoms with Crippen LogP contribution in [0.1, 0.15) is 97.8 Å². The van der Waals surface area contributed by atoms with Gasteiger partial charge in [-0.05, 0) is 111 Å². The molecule has 4 aliphatic carbocycles. The lowest BCUT2D eigenvalue weighted by atomic mass is 9.43. The fourth-order valence-electron chi connectivity index (χ4n) is 12.1. The summed E-state index contributed by atoms with van der Waals surface area (Å²) in [5.74, 6) is -5.61. The highest BCUT2D eigenvalue weighted by molar-refractivity contribution is 5.79. The number of aliphatic hydroxyl groups excluding tert-OH is 1. The molecule has 1 unspecified atom stereocenters. The van der Waals surface area contributed by atoms with Crippen LogP contribution in [0.25, 0.3) is 0 Å². The van der Waals surface area contributed by atoms with E-state index in [9.17, 15) is 69.3 Å². The Morgan fingerprint density at radius 3 is 1.73 bits per heavy atom. The number of carbonyl (C=O) groups excluding carboxylic acids is 1. The molecule has 334 valence electrons. The number of rotatable bonds is 24. The van der Waals surface area contributed by atoms with E-state index in [1.165, 1.54) is 4.90 Å². The van der Waals surface area contributed by atoms with Crippen LogP contribution in [0.2, 0.25) is 0 Å². The number of amides is 1. The van der Waals surface area contributed by atoms with Crippen molar-refractivity contribution in [2.45, 2.75) is 116 Å². The van der Waals surface area contributed by atoms with Gasteiger partial charge in [0.05, 0.1) is 32.3 Å². The molecule has 18 heteroatoms. The van der Waals surface area contributed by atoms with E-state index in [2.05, 4.69) is 26.1 Å². The van der Waals surface area contributed by atoms with Crippen molar-refractivity contribution in [2.75, 3.05) is 52.4 Å². The molecular weight excluding hydrogens is 772 g/mol. The lowest BCUT2D eigenvalue weighted by Gasteiger charge is -2.62. The maximum atomic E-state index is 13.5. The summed E-state index contributed by atoms with van der Waals surface area (Å²) < 4.78 is 0. The van der Waals surface area contributed by atoms with Crippen LogP contribution >= 0.6 is 0 Å². The van der Waals surface area contributed by atoms with Crippen LogP contribution in [0.5, 0.6) is 0 Å². The van der Waals surface area contributed by atoms with E-state index in [-0.39, 0.29) is 80.1 Å². The summed E-state index contributed by atoms with van der Waals surface area (Å²) >= 11 is 0. The second-order valence-electron chi connectivity index (χ2n) is 18.3. The van der Waals surface area contributed by atoms with Crippen LogP contribution in [-0.2, 0) is 33.6 Å². The molecule has 18 nitrogen and oxygen atoms in total. The number of carboxylic acid groups (broad SMARTS) is 6. The van der Waals surface area contributed by atoms with Crippen molar-refractivity contribution >= 4 is 41.7 Å². The van der Waals surface area contributed by atoms with Crippen LogP contribution in [0.3, 0.4) is 0 Å². The van der Waals surface area contributed by atoms with Crippen molar-refractivity contribution in [3.8, 4) is 0 Å². The maximum Gasteiger partial charge on any atom is 0.320 e. The van der Waals surface area contributed by atoms with Gasteiger partial charge in [0.2, 0.25) is 5.91 Å². The van der Waals surface area contributed by atoms with Crippen molar-refractivity contribution in [3.63, 3.8) is 0 Å². The molecule has 0 radical (unpaired) electrons. The van der Waals surface area contributed by atoms with Crippen LogP contribution in [0.4, 0.5) is 0 Å². The SMILES string of the molecule is C[C@H](CCC(=O)O)[C@H]1CC[C@H]2[C@@H]3CC[C@@H]4C[C@@H](NC(=O)CCC(C(=O)O)N(CCN(CC(=O)O)CC(=O)O)CCN(CC(=O)O)CC(=O)O)CC[C@]4(C)[C@H]3C[C@H](O)[C@]12C. The van der Waals surface area contributed by atoms with Crippen molar-refractivity contribution < 1.29 is 69.3 Å². The topological polar surface area (TPSA) is 283 Å². The van der Waals surface area contributed by atoms with Gasteiger partial charge in [-0.15, -0.1) is 0 Å². The molecule has 0 aromatic rings. The molecule has 11 atom stereocenters. The highest BCUT2D eigenvalue weighted by atomic mass is 16.4. The van der Waals surface area contributed by atoms with Crippen LogP contribution < -0.4 is 5.32 Å². The molecule has 4 aliphatic rings. The average Bonchev–Trinajstić information content (AvgIpc) is 3.49. The molecule has 59 heavy (non-hydrogen) atoms. The Morgan fingerprint density at radius 1 is 0.661 bits per heavy atom. The molecular formula is C41H66N4O14. The zero-order valence-corrected chi connectivity index (χ0v) is 34.7. The largest absolute Gasteiger partial charge is 0.481 e. The second kappa shape index (κ2) is 20.6. The van der Waals surface area contributed by atoms with Crippen molar-refractivity contribution in [3.05, 3.63) is 0 Å². The molecule has 1 amide bonds. The first kappa shape index (κ1) is 47.8. The minimum atomic E-state index is -1.31. The summed E-state index contributed by atoms with van der Waals surface area (Å²) in [5, 5.41) is 71.8. The number of aliphatic carboxylic acids is 6. The Kier molecular flexibility index (Phi) is 16.7. The van der Waals surface area contributed by atoms with E-state index >= 15 is 0 Å². The lowest BCUT2D eigenvalue weighted by Crippen LogP contribution is -2.59. The van der Waals surface area contributed by atoms with E-state index in [1.807, 2.05) is 0 Å². The predicted molar refractivity (Wildman–Crippen MR) is 210 cm³/mol. The van der Waals surface area contributed by atoms with Gasteiger partial charge in [0, 0.05) is 45.1 Å². The maximum absolute atomic E-state index is 13.5. The number of nitrogens with zero attached hydrogens (tertiary/aromatic N) is 3. The molecule has 0 bridgehead atoms. The molecule has 4 rings (SSSR count). The third kappa shape index (κ3) is 12.1. The van der Waals surface area contributed by atoms with Crippen molar-refractivity contribution in [1.29, 1.82) is 0 Å². The van der Waals surface area contributed by atoms with Crippen molar-refractivity contribution in [1.82, 2.24) is 20.0 Å². The van der Waals surface area contributed by atoms with Gasteiger partial charge >= 0.3 is 35.8 Å². The van der Waals surface area contributed by atoms with Gasteiger partial charge in [-0.2, -0.15) is 0 Å². The Bertz CT molecular complexity index is 1470.